The molecular weight excluding hydrogens is 330 g/mol. The van der Waals surface area contributed by atoms with Gasteiger partial charge in [0.25, 0.3) is 5.91 Å². The third-order valence-electron chi connectivity index (χ3n) is 2.65. The second-order valence-corrected chi connectivity index (χ2v) is 5.66. The number of ether oxygens (including phenoxy) is 1. The summed E-state index contributed by atoms with van der Waals surface area (Å²) in [5.41, 5.74) is 0. The minimum Gasteiger partial charge on any atom is -0.479 e. The predicted molar refractivity (Wildman–Crippen MR) is 81.8 cm³/mol. The van der Waals surface area contributed by atoms with E-state index in [9.17, 15) is 4.79 Å². The van der Waals surface area contributed by atoms with E-state index >= 15 is 0 Å². The highest BCUT2D eigenvalue weighted by Gasteiger charge is 2.15. The van der Waals surface area contributed by atoms with E-state index in [0.717, 1.165) is 23.7 Å². The summed E-state index contributed by atoms with van der Waals surface area (Å²) in [6.45, 7) is 4.53. The number of halogens is 2. The Morgan fingerprint density at radius 2 is 2.21 bits per heavy atom. The van der Waals surface area contributed by atoms with Gasteiger partial charge in [-0.3, -0.25) is 4.79 Å². The Balaban J connectivity index is 2.47. The highest BCUT2D eigenvalue weighted by molar-refractivity contribution is 9.10. The van der Waals surface area contributed by atoms with Gasteiger partial charge in [0.15, 0.2) is 6.10 Å². The number of nitrogens with one attached hydrogen (secondary N) is 1. The first kappa shape index (κ1) is 16.3. The Morgan fingerprint density at radius 3 is 2.89 bits per heavy atom. The van der Waals surface area contributed by atoms with E-state index in [2.05, 4.69) is 28.2 Å². The van der Waals surface area contributed by atoms with Crippen molar-refractivity contribution in [2.75, 3.05) is 6.54 Å². The van der Waals surface area contributed by atoms with Crippen molar-refractivity contribution < 1.29 is 9.53 Å². The lowest BCUT2D eigenvalue weighted by molar-refractivity contribution is -0.127. The zero-order valence-corrected chi connectivity index (χ0v) is 13.6. The lowest BCUT2D eigenvalue weighted by Gasteiger charge is -2.15. The molecule has 0 heterocycles. The van der Waals surface area contributed by atoms with Crippen LogP contribution in [0.15, 0.2) is 22.7 Å². The molecule has 0 saturated carbocycles. The van der Waals surface area contributed by atoms with Crippen LogP contribution in [-0.4, -0.2) is 18.6 Å². The molecule has 106 valence electrons. The Labute approximate surface area is 127 Å². The minimum atomic E-state index is -0.562. The molecule has 0 spiro atoms. The molecule has 1 rings (SSSR count). The highest BCUT2D eigenvalue weighted by Crippen LogP contribution is 2.28. The summed E-state index contributed by atoms with van der Waals surface area (Å²) in [6.07, 6.45) is 2.68. The molecule has 1 aromatic carbocycles. The van der Waals surface area contributed by atoms with Crippen LogP contribution in [0.25, 0.3) is 0 Å². The largest absolute Gasteiger partial charge is 0.479 e. The molecule has 1 amide bonds. The summed E-state index contributed by atoms with van der Waals surface area (Å²) in [5.74, 6) is 0.388. The van der Waals surface area contributed by atoms with Crippen LogP contribution in [0.2, 0.25) is 5.02 Å². The fourth-order valence-electron chi connectivity index (χ4n) is 1.54. The molecule has 0 aliphatic carbocycles. The zero-order valence-electron chi connectivity index (χ0n) is 11.2. The van der Waals surface area contributed by atoms with Gasteiger partial charge in [-0.25, -0.2) is 0 Å². The Morgan fingerprint density at radius 1 is 1.47 bits per heavy atom. The van der Waals surface area contributed by atoms with E-state index < -0.39 is 6.10 Å². The first-order valence-electron chi connectivity index (χ1n) is 6.44. The number of rotatable bonds is 7. The van der Waals surface area contributed by atoms with Gasteiger partial charge in [0.1, 0.15) is 5.75 Å². The monoisotopic (exact) mass is 347 g/mol. The van der Waals surface area contributed by atoms with Gasteiger partial charge in [0, 0.05) is 11.0 Å². The van der Waals surface area contributed by atoms with Crippen LogP contribution in [0.3, 0.4) is 0 Å². The maximum absolute atomic E-state index is 11.8. The summed E-state index contributed by atoms with van der Waals surface area (Å²) in [6, 6.07) is 5.31. The summed E-state index contributed by atoms with van der Waals surface area (Å²) in [7, 11) is 0. The van der Waals surface area contributed by atoms with Gasteiger partial charge < -0.3 is 10.1 Å². The fourth-order valence-corrected chi connectivity index (χ4v) is 2.04. The van der Waals surface area contributed by atoms with Crippen LogP contribution in [0, 0.1) is 0 Å². The summed E-state index contributed by atoms with van der Waals surface area (Å²) < 4.78 is 6.43. The first-order chi connectivity index (χ1) is 9.04. The third kappa shape index (κ3) is 5.83. The number of carbonyl (C=O) groups is 1. The Kier molecular flexibility index (Phi) is 7.24. The second kappa shape index (κ2) is 8.43. The average Bonchev–Trinajstić information content (AvgIpc) is 2.38. The number of unbranched alkanes of at least 4 members (excludes halogenated alkanes) is 2. The maximum Gasteiger partial charge on any atom is 0.260 e. The van der Waals surface area contributed by atoms with E-state index in [0.29, 0.717) is 17.3 Å². The van der Waals surface area contributed by atoms with Gasteiger partial charge in [-0.1, -0.05) is 47.3 Å². The van der Waals surface area contributed by atoms with Crippen molar-refractivity contribution in [3.63, 3.8) is 0 Å². The van der Waals surface area contributed by atoms with Crippen molar-refractivity contribution in [1.29, 1.82) is 0 Å². The van der Waals surface area contributed by atoms with E-state index in [1.54, 1.807) is 19.1 Å². The van der Waals surface area contributed by atoms with Crippen molar-refractivity contribution in [2.45, 2.75) is 39.2 Å². The van der Waals surface area contributed by atoms with Crippen molar-refractivity contribution in [3.05, 3.63) is 27.7 Å². The van der Waals surface area contributed by atoms with E-state index in [4.69, 9.17) is 16.3 Å². The fraction of sp³-hybridized carbons (Fsp3) is 0.500. The van der Waals surface area contributed by atoms with Crippen LogP contribution < -0.4 is 10.1 Å². The molecule has 0 bridgehead atoms. The SMILES string of the molecule is CCCCCNC(=O)C(C)Oc1cc(Br)ccc1Cl. The van der Waals surface area contributed by atoms with Gasteiger partial charge in [0.2, 0.25) is 0 Å². The van der Waals surface area contributed by atoms with Gasteiger partial charge in [-0.05, 0) is 31.5 Å². The number of amides is 1. The number of hydrogen-bond acceptors (Lipinski definition) is 2. The smallest absolute Gasteiger partial charge is 0.260 e. The predicted octanol–water partition coefficient (Wildman–Crippen LogP) is 4.18. The molecule has 0 aliphatic heterocycles. The number of benzene rings is 1. The third-order valence-corrected chi connectivity index (χ3v) is 3.45. The highest BCUT2D eigenvalue weighted by atomic mass is 79.9. The molecule has 1 atom stereocenters. The average molecular weight is 349 g/mol. The molecule has 3 nitrogen and oxygen atoms in total. The number of hydrogen-bond donors (Lipinski definition) is 1. The summed E-state index contributed by atoms with van der Waals surface area (Å²) in [5, 5.41) is 3.35. The molecule has 0 fully saturated rings. The van der Waals surface area contributed by atoms with Crippen LogP contribution >= 0.6 is 27.5 Å². The standard InChI is InChI=1S/C14H19BrClNO2/c1-3-4-5-8-17-14(18)10(2)19-13-9-11(15)6-7-12(13)16/h6-7,9-10H,3-5,8H2,1-2H3,(H,17,18). The molecule has 0 aromatic heterocycles. The lowest BCUT2D eigenvalue weighted by Crippen LogP contribution is -2.36. The molecule has 19 heavy (non-hydrogen) atoms. The van der Waals surface area contributed by atoms with Crippen molar-refractivity contribution in [1.82, 2.24) is 5.32 Å². The second-order valence-electron chi connectivity index (χ2n) is 4.33. The summed E-state index contributed by atoms with van der Waals surface area (Å²) >= 11 is 9.36. The van der Waals surface area contributed by atoms with Gasteiger partial charge in [-0.2, -0.15) is 0 Å². The molecule has 0 aliphatic rings. The molecule has 1 N–H and O–H groups in total. The molecule has 1 aromatic rings. The molecular formula is C14H19BrClNO2. The zero-order chi connectivity index (χ0) is 14.3. The van der Waals surface area contributed by atoms with Crippen LogP contribution in [0.1, 0.15) is 33.1 Å². The number of carbonyl (C=O) groups excluding carboxylic acids is 1. The minimum absolute atomic E-state index is 0.118. The Bertz CT molecular complexity index is 426. The first-order valence-corrected chi connectivity index (χ1v) is 7.61. The molecule has 5 heteroatoms. The Hall–Kier alpha value is -0.740. The van der Waals surface area contributed by atoms with Gasteiger partial charge in [0.05, 0.1) is 5.02 Å². The molecule has 1 unspecified atom stereocenters. The van der Waals surface area contributed by atoms with Crippen LogP contribution in [0.4, 0.5) is 0 Å². The normalized spacial score (nSPS) is 12.0. The van der Waals surface area contributed by atoms with Crippen molar-refractivity contribution in [3.8, 4) is 5.75 Å². The van der Waals surface area contributed by atoms with Gasteiger partial charge in [-0.15, -0.1) is 0 Å². The van der Waals surface area contributed by atoms with Gasteiger partial charge >= 0.3 is 0 Å². The molecule has 0 radical (unpaired) electrons. The maximum atomic E-state index is 11.8. The van der Waals surface area contributed by atoms with E-state index in [1.807, 2.05) is 6.07 Å². The van der Waals surface area contributed by atoms with Crippen molar-refractivity contribution in [2.24, 2.45) is 0 Å². The van der Waals surface area contributed by atoms with E-state index in [-0.39, 0.29) is 5.91 Å². The van der Waals surface area contributed by atoms with Crippen molar-refractivity contribution >= 4 is 33.4 Å². The quantitative estimate of drug-likeness (QED) is 0.751. The van der Waals surface area contributed by atoms with E-state index in [1.165, 1.54) is 0 Å². The molecule has 0 saturated heterocycles. The lowest BCUT2D eigenvalue weighted by atomic mass is 10.2. The van der Waals surface area contributed by atoms with Crippen LogP contribution in [0.5, 0.6) is 5.75 Å². The summed E-state index contributed by atoms with van der Waals surface area (Å²) in [4.78, 5) is 11.8. The van der Waals surface area contributed by atoms with Crippen LogP contribution in [-0.2, 0) is 4.79 Å². The topological polar surface area (TPSA) is 38.3 Å².